The number of ketones is 1. The van der Waals surface area contributed by atoms with E-state index in [1.54, 1.807) is 26.8 Å². The molecule has 0 aromatic carbocycles. The summed E-state index contributed by atoms with van der Waals surface area (Å²) in [7, 11) is 0. The van der Waals surface area contributed by atoms with E-state index in [9.17, 15) is 33.6 Å². The van der Waals surface area contributed by atoms with Crippen molar-refractivity contribution in [2.45, 2.75) is 112 Å². The molecule has 2 rings (SSSR count). The van der Waals surface area contributed by atoms with Gasteiger partial charge in [0.15, 0.2) is 0 Å². The largest absolute Gasteiger partial charge is 0.346 e. The second kappa shape index (κ2) is 18.1. The Morgan fingerprint density at radius 3 is 2.18 bits per heavy atom. The van der Waals surface area contributed by atoms with Crippen molar-refractivity contribution in [1.82, 2.24) is 36.4 Å². The van der Waals surface area contributed by atoms with Crippen LogP contribution < -0.4 is 26.6 Å². The SMILES string of the molecule is C=CCNC(=O)C(=O)C(/C=C/CCCC)NC(=O)[C@@H]1[C@@H](C(C)C)CCN1C(=O)[C@@H](NC(=O)N[C@H](CN1C(=O)CNC1=O)C(C)(C)C)C(C)(C)C. The van der Waals surface area contributed by atoms with Crippen molar-refractivity contribution < 1.29 is 33.6 Å². The Balaban J connectivity index is 2.36. The van der Waals surface area contributed by atoms with Gasteiger partial charge < -0.3 is 31.5 Å². The van der Waals surface area contributed by atoms with Gasteiger partial charge in [-0.15, -0.1) is 6.58 Å². The van der Waals surface area contributed by atoms with E-state index in [1.165, 1.54) is 17.1 Å². The summed E-state index contributed by atoms with van der Waals surface area (Å²) in [4.78, 5) is 94.8. The molecule has 0 aliphatic carbocycles. The monoisotopic (exact) mass is 701 g/mol. The molecule has 0 spiro atoms. The molecule has 8 amide bonds. The summed E-state index contributed by atoms with van der Waals surface area (Å²) in [5.41, 5.74) is -1.36. The fourth-order valence-corrected chi connectivity index (χ4v) is 5.99. The van der Waals surface area contributed by atoms with Gasteiger partial charge in [-0.2, -0.15) is 0 Å². The zero-order valence-corrected chi connectivity index (χ0v) is 31.3. The number of nitrogens with one attached hydrogen (secondary N) is 5. The first kappa shape index (κ1) is 41.9. The molecule has 14 heteroatoms. The van der Waals surface area contributed by atoms with Gasteiger partial charge in [-0.05, 0) is 35.5 Å². The highest BCUT2D eigenvalue weighted by Crippen LogP contribution is 2.33. The normalized spacial score (nSPS) is 20.0. The Hall–Kier alpha value is -4.23. The van der Waals surface area contributed by atoms with Crippen molar-refractivity contribution in [2.75, 3.05) is 26.2 Å². The van der Waals surface area contributed by atoms with Crippen LogP contribution in [0.15, 0.2) is 24.8 Å². The summed E-state index contributed by atoms with van der Waals surface area (Å²) in [5.74, 6) is -3.39. The molecule has 280 valence electrons. The molecule has 5 atom stereocenters. The lowest BCUT2D eigenvalue weighted by Crippen LogP contribution is -2.62. The number of nitrogens with zero attached hydrogens (tertiary/aromatic N) is 2. The molecule has 2 aliphatic heterocycles. The van der Waals surface area contributed by atoms with Gasteiger partial charge in [-0.25, -0.2) is 9.59 Å². The molecule has 14 nitrogen and oxygen atoms in total. The zero-order chi connectivity index (χ0) is 38.0. The second-order valence-corrected chi connectivity index (χ2v) is 15.6. The standard InChI is InChI=1S/C36H59N7O7/c1-11-13-14-15-16-24(28(45)31(47)37-18-12-2)39-30(46)27-23(22(3)4)17-19-42(27)32(48)29(36(8,9)10)41-33(49)40-25(35(5,6)7)21-43-26(44)20-38-34(43)50/h12,15-16,22-25,27,29H,2,11,13-14,17-21H2,1,3-10H3,(H,37,47)(H,38,50)(H,39,46)(H2,40,41,49)/b16-15+/t23-,24?,25-,27+,29-/m1/s1. The summed E-state index contributed by atoms with van der Waals surface area (Å²) < 4.78 is 0. The van der Waals surface area contributed by atoms with E-state index >= 15 is 0 Å². The smallest absolute Gasteiger partial charge is 0.324 e. The van der Waals surface area contributed by atoms with Crippen molar-refractivity contribution in [1.29, 1.82) is 0 Å². The molecule has 2 heterocycles. The molecule has 50 heavy (non-hydrogen) atoms. The highest BCUT2D eigenvalue weighted by Gasteiger charge is 2.48. The Labute approximate surface area is 297 Å². The van der Waals surface area contributed by atoms with Gasteiger partial charge in [-0.1, -0.05) is 93.4 Å². The maximum absolute atomic E-state index is 14.4. The lowest BCUT2D eigenvalue weighted by atomic mass is 9.84. The molecule has 0 aromatic rings. The Morgan fingerprint density at radius 2 is 1.66 bits per heavy atom. The number of Topliss-reactive ketones (excluding diaryl/α,β-unsaturated/α-hetero) is 1. The quantitative estimate of drug-likeness (QED) is 0.0709. The van der Waals surface area contributed by atoms with Crippen LogP contribution in [-0.2, 0) is 24.0 Å². The van der Waals surface area contributed by atoms with E-state index in [4.69, 9.17) is 0 Å². The number of imide groups is 1. The maximum Gasteiger partial charge on any atom is 0.324 e. The van der Waals surface area contributed by atoms with E-state index < -0.39 is 76.5 Å². The number of urea groups is 2. The van der Waals surface area contributed by atoms with E-state index in [1.807, 2.05) is 41.5 Å². The van der Waals surface area contributed by atoms with Crippen LogP contribution in [0.5, 0.6) is 0 Å². The average Bonchev–Trinajstić information content (AvgIpc) is 3.61. The third-order valence-corrected chi connectivity index (χ3v) is 9.16. The number of carbonyl (C=O) groups is 7. The van der Waals surface area contributed by atoms with Crippen molar-refractivity contribution in [3.63, 3.8) is 0 Å². The predicted molar refractivity (Wildman–Crippen MR) is 191 cm³/mol. The van der Waals surface area contributed by atoms with Crippen molar-refractivity contribution in [3.8, 4) is 0 Å². The Morgan fingerprint density at radius 1 is 1.00 bits per heavy atom. The number of allylic oxidation sites excluding steroid dienone is 1. The third kappa shape index (κ3) is 11.4. The molecule has 0 aromatic heterocycles. The number of amides is 8. The van der Waals surface area contributed by atoms with Crippen LogP contribution in [0.3, 0.4) is 0 Å². The summed E-state index contributed by atoms with van der Waals surface area (Å²) in [6, 6.07) is -5.13. The van der Waals surface area contributed by atoms with Gasteiger partial charge in [0, 0.05) is 13.1 Å². The lowest BCUT2D eigenvalue weighted by molar-refractivity contribution is -0.144. The van der Waals surface area contributed by atoms with Crippen LogP contribution in [0.2, 0.25) is 0 Å². The number of unbranched alkanes of at least 4 members (excludes halogenated alkanes) is 2. The second-order valence-electron chi connectivity index (χ2n) is 15.6. The zero-order valence-electron chi connectivity index (χ0n) is 31.3. The molecule has 0 saturated carbocycles. The minimum atomic E-state index is -1.24. The van der Waals surface area contributed by atoms with Gasteiger partial charge in [0.25, 0.3) is 5.91 Å². The fourth-order valence-electron chi connectivity index (χ4n) is 5.99. The first-order valence-electron chi connectivity index (χ1n) is 17.6. The number of carbonyl (C=O) groups excluding carboxylic acids is 7. The Kier molecular flexibility index (Phi) is 15.2. The van der Waals surface area contributed by atoms with E-state index in [2.05, 4.69) is 33.2 Å². The molecular weight excluding hydrogens is 642 g/mol. The number of hydrogen-bond donors (Lipinski definition) is 5. The molecule has 2 aliphatic rings. The van der Waals surface area contributed by atoms with Crippen molar-refractivity contribution >= 4 is 41.5 Å². The average molecular weight is 702 g/mol. The molecule has 5 N–H and O–H groups in total. The van der Waals surface area contributed by atoms with Gasteiger partial charge in [0.1, 0.15) is 18.1 Å². The van der Waals surface area contributed by atoms with Gasteiger partial charge in [-0.3, -0.25) is 28.9 Å². The minimum Gasteiger partial charge on any atom is -0.346 e. The molecule has 2 saturated heterocycles. The molecule has 0 bridgehead atoms. The van der Waals surface area contributed by atoms with Gasteiger partial charge in [0.2, 0.25) is 23.5 Å². The van der Waals surface area contributed by atoms with Crippen LogP contribution in [-0.4, -0.2) is 102 Å². The van der Waals surface area contributed by atoms with Crippen LogP contribution in [0.4, 0.5) is 9.59 Å². The van der Waals surface area contributed by atoms with E-state index in [0.717, 1.165) is 17.7 Å². The van der Waals surface area contributed by atoms with Crippen molar-refractivity contribution in [3.05, 3.63) is 24.8 Å². The lowest BCUT2D eigenvalue weighted by Gasteiger charge is -2.38. The number of hydrogen-bond acceptors (Lipinski definition) is 7. The van der Waals surface area contributed by atoms with E-state index in [-0.39, 0.29) is 38.0 Å². The van der Waals surface area contributed by atoms with Gasteiger partial charge >= 0.3 is 12.1 Å². The van der Waals surface area contributed by atoms with Crippen LogP contribution >= 0.6 is 0 Å². The summed E-state index contributed by atoms with van der Waals surface area (Å²) >= 11 is 0. The first-order chi connectivity index (χ1) is 23.2. The summed E-state index contributed by atoms with van der Waals surface area (Å²) in [6.45, 7) is 20.6. The first-order valence-corrected chi connectivity index (χ1v) is 17.6. The molecule has 0 radical (unpaired) electrons. The summed E-state index contributed by atoms with van der Waals surface area (Å²) in [6.07, 6.45) is 7.70. The van der Waals surface area contributed by atoms with E-state index in [0.29, 0.717) is 12.8 Å². The van der Waals surface area contributed by atoms with Crippen LogP contribution in [0.1, 0.15) is 88.0 Å². The third-order valence-electron chi connectivity index (χ3n) is 9.16. The fraction of sp³-hybridized carbons (Fsp3) is 0.694. The molecule has 1 unspecified atom stereocenters. The molecular formula is C36H59N7O7. The summed E-state index contributed by atoms with van der Waals surface area (Å²) in [5, 5.41) is 13.4. The predicted octanol–water partition coefficient (Wildman–Crippen LogP) is 2.64. The van der Waals surface area contributed by atoms with Crippen molar-refractivity contribution in [2.24, 2.45) is 22.7 Å². The Bertz CT molecular complexity index is 1300. The topological polar surface area (TPSA) is 186 Å². The number of rotatable bonds is 16. The minimum absolute atomic E-state index is 0.00364. The highest BCUT2D eigenvalue weighted by atomic mass is 16.2. The number of likely N-dealkylation sites (tertiary alicyclic amines) is 1. The van der Waals surface area contributed by atoms with Crippen LogP contribution in [0.25, 0.3) is 0 Å². The molecule has 2 fully saturated rings. The maximum atomic E-state index is 14.4. The van der Waals surface area contributed by atoms with Crippen LogP contribution in [0, 0.1) is 22.7 Å². The highest BCUT2D eigenvalue weighted by molar-refractivity contribution is 6.39. The van der Waals surface area contributed by atoms with Gasteiger partial charge in [0.05, 0.1) is 19.1 Å².